The van der Waals surface area contributed by atoms with Gasteiger partial charge in [-0.3, -0.25) is 9.10 Å². The SMILES string of the molecule is Cc1ccc(S(=O)(=O)N(CC(=O)NCc2cccc(OC(C)C)c2)c2cccc(Cl)c2)cc1. The smallest absolute Gasteiger partial charge is 0.264 e. The van der Waals surface area contributed by atoms with Crippen LogP contribution in [0.2, 0.25) is 5.02 Å². The highest BCUT2D eigenvalue weighted by Gasteiger charge is 2.27. The molecule has 0 aliphatic heterocycles. The third-order valence-electron chi connectivity index (χ3n) is 4.75. The van der Waals surface area contributed by atoms with Crippen molar-refractivity contribution in [2.45, 2.75) is 38.3 Å². The van der Waals surface area contributed by atoms with Crippen molar-refractivity contribution in [1.82, 2.24) is 5.32 Å². The van der Waals surface area contributed by atoms with Gasteiger partial charge in [0.1, 0.15) is 12.3 Å². The third-order valence-corrected chi connectivity index (χ3v) is 6.78. The molecule has 0 radical (unpaired) electrons. The van der Waals surface area contributed by atoms with Crippen molar-refractivity contribution in [3.8, 4) is 5.75 Å². The molecule has 0 aromatic heterocycles. The van der Waals surface area contributed by atoms with E-state index in [1.165, 1.54) is 18.2 Å². The first-order valence-corrected chi connectivity index (χ1v) is 12.3. The van der Waals surface area contributed by atoms with Gasteiger partial charge < -0.3 is 10.1 Å². The minimum absolute atomic E-state index is 0.0353. The zero-order chi connectivity index (χ0) is 24.0. The predicted molar refractivity (Wildman–Crippen MR) is 131 cm³/mol. The monoisotopic (exact) mass is 486 g/mol. The van der Waals surface area contributed by atoms with E-state index in [1.54, 1.807) is 30.3 Å². The fourth-order valence-corrected chi connectivity index (χ4v) is 4.77. The lowest BCUT2D eigenvalue weighted by molar-refractivity contribution is -0.119. The van der Waals surface area contributed by atoms with Crippen LogP contribution in [-0.2, 0) is 21.4 Å². The van der Waals surface area contributed by atoms with Crippen LogP contribution in [0.4, 0.5) is 5.69 Å². The largest absolute Gasteiger partial charge is 0.491 e. The molecule has 8 heteroatoms. The first-order chi connectivity index (χ1) is 15.6. The molecule has 0 bridgehead atoms. The van der Waals surface area contributed by atoms with E-state index in [1.807, 2.05) is 45.0 Å². The van der Waals surface area contributed by atoms with Crippen molar-refractivity contribution in [3.63, 3.8) is 0 Å². The van der Waals surface area contributed by atoms with Crippen LogP contribution in [0.3, 0.4) is 0 Å². The van der Waals surface area contributed by atoms with Crippen molar-refractivity contribution in [1.29, 1.82) is 0 Å². The van der Waals surface area contributed by atoms with Crippen LogP contribution in [0.5, 0.6) is 5.75 Å². The van der Waals surface area contributed by atoms with E-state index < -0.39 is 22.5 Å². The average Bonchev–Trinajstić information content (AvgIpc) is 2.76. The van der Waals surface area contributed by atoms with E-state index in [2.05, 4.69) is 5.32 Å². The van der Waals surface area contributed by atoms with Gasteiger partial charge in [0, 0.05) is 11.6 Å². The molecule has 6 nitrogen and oxygen atoms in total. The van der Waals surface area contributed by atoms with E-state index in [4.69, 9.17) is 16.3 Å². The van der Waals surface area contributed by atoms with Gasteiger partial charge in [0.05, 0.1) is 16.7 Å². The molecule has 0 aliphatic rings. The van der Waals surface area contributed by atoms with Crippen LogP contribution in [-0.4, -0.2) is 27.0 Å². The average molecular weight is 487 g/mol. The van der Waals surface area contributed by atoms with E-state index in [0.29, 0.717) is 16.5 Å². The normalized spacial score (nSPS) is 11.3. The number of benzene rings is 3. The first kappa shape index (κ1) is 24.6. The van der Waals surface area contributed by atoms with E-state index in [0.717, 1.165) is 15.4 Å². The van der Waals surface area contributed by atoms with Gasteiger partial charge in [-0.15, -0.1) is 0 Å². The van der Waals surface area contributed by atoms with Gasteiger partial charge in [0.2, 0.25) is 5.91 Å². The first-order valence-electron chi connectivity index (χ1n) is 10.5. The molecule has 3 rings (SSSR count). The highest BCUT2D eigenvalue weighted by molar-refractivity contribution is 7.92. The van der Waals surface area contributed by atoms with Gasteiger partial charge in [-0.2, -0.15) is 0 Å². The Hall–Kier alpha value is -3.03. The number of ether oxygens (including phenoxy) is 1. The Morgan fingerprint density at radius 2 is 1.73 bits per heavy atom. The number of nitrogens with one attached hydrogen (secondary N) is 1. The number of carbonyl (C=O) groups excluding carboxylic acids is 1. The number of sulfonamides is 1. The lowest BCUT2D eigenvalue weighted by Gasteiger charge is -2.24. The number of aryl methyl sites for hydroxylation is 1. The number of hydrogen-bond donors (Lipinski definition) is 1. The molecule has 0 fully saturated rings. The number of amides is 1. The summed E-state index contributed by atoms with van der Waals surface area (Å²) < 4.78 is 33.5. The second kappa shape index (κ2) is 10.7. The Kier molecular flexibility index (Phi) is 8.00. The summed E-state index contributed by atoms with van der Waals surface area (Å²) >= 11 is 6.10. The van der Waals surface area contributed by atoms with Crippen LogP contribution in [0, 0.1) is 6.92 Å². The lowest BCUT2D eigenvalue weighted by atomic mass is 10.2. The van der Waals surface area contributed by atoms with Gasteiger partial charge >= 0.3 is 0 Å². The van der Waals surface area contributed by atoms with Crippen LogP contribution in [0.1, 0.15) is 25.0 Å². The fourth-order valence-electron chi connectivity index (χ4n) is 3.17. The molecular formula is C25H27ClN2O4S. The highest BCUT2D eigenvalue weighted by atomic mass is 35.5. The molecule has 0 saturated carbocycles. The molecule has 0 spiro atoms. The van der Waals surface area contributed by atoms with Crippen molar-refractivity contribution >= 4 is 33.2 Å². The number of rotatable bonds is 9. The van der Waals surface area contributed by atoms with Crippen molar-refractivity contribution < 1.29 is 17.9 Å². The van der Waals surface area contributed by atoms with Gasteiger partial charge in [-0.1, -0.05) is 47.5 Å². The molecule has 3 aromatic carbocycles. The molecule has 33 heavy (non-hydrogen) atoms. The summed E-state index contributed by atoms with van der Waals surface area (Å²) in [6.45, 7) is 5.60. The molecule has 0 atom stereocenters. The van der Waals surface area contributed by atoms with Gasteiger partial charge in [-0.05, 0) is 68.8 Å². The Morgan fingerprint density at radius 1 is 1.03 bits per heavy atom. The predicted octanol–water partition coefficient (Wildman–Crippen LogP) is 4.95. The maximum absolute atomic E-state index is 13.4. The third kappa shape index (κ3) is 6.73. The Labute approximate surface area is 200 Å². The molecule has 0 aliphatic carbocycles. The van der Waals surface area contributed by atoms with Crippen molar-refractivity contribution in [2.75, 3.05) is 10.8 Å². The minimum Gasteiger partial charge on any atom is -0.491 e. The van der Waals surface area contributed by atoms with Gasteiger partial charge in [-0.25, -0.2) is 8.42 Å². The van der Waals surface area contributed by atoms with Gasteiger partial charge in [0.15, 0.2) is 0 Å². The Bertz CT molecular complexity index is 1210. The van der Waals surface area contributed by atoms with Crippen molar-refractivity contribution in [2.24, 2.45) is 0 Å². The number of hydrogen-bond acceptors (Lipinski definition) is 4. The standard InChI is InChI=1S/C25H27ClN2O4S/c1-18(2)32-23-9-4-6-20(14-23)16-27-25(29)17-28(22-8-5-7-21(26)15-22)33(30,31)24-12-10-19(3)11-13-24/h4-15,18H,16-17H2,1-3H3,(H,27,29). The summed E-state index contributed by atoms with van der Waals surface area (Å²) in [6, 6.07) is 20.3. The van der Waals surface area contributed by atoms with Crippen LogP contribution in [0.25, 0.3) is 0 Å². The summed E-state index contributed by atoms with van der Waals surface area (Å²) in [7, 11) is -3.99. The summed E-state index contributed by atoms with van der Waals surface area (Å²) in [5.74, 6) is 0.264. The quantitative estimate of drug-likeness (QED) is 0.464. The number of nitrogens with zero attached hydrogens (tertiary/aromatic N) is 1. The van der Waals surface area contributed by atoms with Crippen LogP contribution < -0.4 is 14.4 Å². The maximum Gasteiger partial charge on any atom is 0.264 e. The van der Waals surface area contributed by atoms with Crippen LogP contribution >= 0.6 is 11.6 Å². The molecule has 0 saturated heterocycles. The summed E-state index contributed by atoms with van der Waals surface area (Å²) in [4.78, 5) is 12.9. The van der Waals surface area contributed by atoms with Gasteiger partial charge in [0.25, 0.3) is 10.0 Å². The Morgan fingerprint density at radius 3 is 2.39 bits per heavy atom. The van der Waals surface area contributed by atoms with E-state index >= 15 is 0 Å². The number of anilines is 1. The summed E-state index contributed by atoms with van der Waals surface area (Å²) in [6.07, 6.45) is 0.0353. The second-order valence-electron chi connectivity index (χ2n) is 7.90. The highest BCUT2D eigenvalue weighted by Crippen LogP contribution is 2.26. The molecule has 1 N–H and O–H groups in total. The maximum atomic E-state index is 13.4. The zero-order valence-electron chi connectivity index (χ0n) is 18.8. The second-order valence-corrected chi connectivity index (χ2v) is 10.2. The summed E-state index contributed by atoms with van der Waals surface area (Å²) in [5, 5.41) is 3.17. The van der Waals surface area contributed by atoms with E-state index in [9.17, 15) is 13.2 Å². The molecule has 1 amide bonds. The molecule has 0 unspecified atom stereocenters. The molecule has 3 aromatic rings. The molecular weight excluding hydrogens is 460 g/mol. The van der Waals surface area contributed by atoms with Crippen LogP contribution in [0.15, 0.2) is 77.7 Å². The zero-order valence-corrected chi connectivity index (χ0v) is 20.4. The summed E-state index contributed by atoms with van der Waals surface area (Å²) in [5.41, 5.74) is 2.09. The van der Waals surface area contributed by atoms with E-state index in [-0.39, 0.29) is 17.5 Å². The minimum atomic E-state index is -3.99. The molecule has 0 heterocycles. The molecule has 174 valence electrons. The van der Waals surface area contributed by atoms with Crippen molar-refractivity contribution in [3.05, 3.63) is 88.9 Å². The lowest BCUT2D eigenvalue weighted by Crippen LogP contribution is -2.40. The fraction of sp³-hybridized carbons (Fsp3) is 0.240. The Balaban J connectivity index is 1.80. The topological polar surface area (TPSA) is 75.7 Å². The number of halogens is 1. The number of carbonyl (C=O) groups is 1.